The standard InChI is InChI=1S/C33H40N2O4S/c1-21(2)24-10-16-28-25(20-24)11-17-29-30(28)22(3)18-19-33(29,4)32(37)34-26-12-14-27(15-13-26)40(38,39)35-31(36)23-8-6-5-7-9-23/h5-9,12-15,21-22,24H,10-11,16-20H2,1-4H3,(H,34,37)(H,35,36)/t22-,24-,33-/m0/s1. The first kappa shape index (κ1) is 28.3. The zero-order valence-electron chi connectivity index (χ0n) is 23.9. The first-order valence-corrected chi connectivity index (χ1v) is 16.0. The quantitative estimate of drug-likeness (QED) is 0.397. The van der Waals surface area contributed by atoms with Gasteiger partial charge >= 0.3 is 0 Å². The first-order valence-electron chi connectivity index (χ1n) is 14.5. The Hall–Kier alpha value is -3.19. The van der Waals surface area contributed by atoms with Crippen LogP contribution in [0.15, 0.2) is 81.8 Å². The molecule has 5 rings (SSSR count). The summed E-state index contributed by atoms with van der Waals surface area (Å²) in [6.45, 7) is 9.05. The van der Waals surface area contributed by atoms with E-state index in [4.69, 9.17) is 0 Å². The molecular weight excluding hydrogens is 520 g/mol. The average molecular weight is 561 g/mol. The van der Waals surface area contributed by atoms with Gasteiger partial charge in [-0.1, -0.05) is 50.1 Å². The van der Waals surface area contributed by atoms with Gasteiger partial charge < -0.3 is 5.32 Å². The minimum Gasteiger partial charge on any atom is -0.325 e. The molecule has 3 aliphatic rings. The molecule has 3 aliphatic carbocycles. The molecular formula is C33H40N2O4S. The maximum absolute atomic E-state index is 13.8. The van der Waals surface area contributed by atoms with Crippen molar-refractivity contribution in [1.82, 2.24) is 4.72 Å². The van der Waals surface area contributed by atoms with Crippen molar-refractivity contribution in [3.63, 3.8) is 0 Å². The molecule has 7 heteroatoms. The van der Waals surface area contributed by atoms with E-state index in [0.29, 0.717) is 17.5 Å². The Kier molecular flexibility index (Phi) is 7.79. The first-order chi connectivity index (χ1) is 19.0. The van der Waals surface area contributed by atoms with Gasteiger partial charge in [0, 0.05) is 11.3 Å². The average Bonchev–Trinajstić information content (AvgIpc) is 2.94. The molecule has 2 N–H and O–H groups in total. The fourth-order valence-corrected chi connectivity index (χ4v) is 7.80. The normalized spacial score (nSPS) is 24.8. The summed E-state index contributed by atoms with van der Waals surface area (Å²) in [5.74, 6) is 1.19. The van der Waals surface area contributed by atoms with Crippen molar-refractivity contribution in [3.8, 4) is 0 Å². The Morgan fingerprint density at radius 3 is 2.33 bits per heavy atom. The summed E-state index contributed by atoms with van der Waals surface area (Å²) in [5, 5.41) is 3.07. The Morgan fingerprint density at radius 2 is 1.65 bits per heavy atom. The lowest BCUT2D eigenvalue weighted by Gasteiger charge is -2.45. The van der Waals surface area contributed by atoms with Crippen molar-refractivity contribution >= 4 is 27.5 Å². The van der Waals surface area contributed by atoms with Gasteiger partial charge in [0.1, 0.15) is 0 Å². The summed E-state index contributed by atoms with van der Waals surface area (Å²) in [6.07, 6.45) is 7.31. The molecule has 0 radical (unpaired) electrons. The van der Waals surface area contributed by atoms with Crippen LogP contribution in [0.25, 0.3) is 0 Å². The minimum atomic E-state index is -4.05. The van der Waals surface area contributed by atoms with E-state index >= 15 is 0 Å². The third-order valence-corrected chi connectivity index (χ3v) is 10.7. The number of nitrogens with one attached hydrogen (secondary N) is 2. The molecule has 0 heterocycles. The highest BCUT2D eigenvalue weighted by Crippen LogP contribution is 2.54. The highest BCUT2D eigenvalue weighted by molar-refractivity contribution is 7.90. The molecule has 6 nitrogen and oxygen atoms in total. The highest BCUT2D eigenvalue weighted by Gasteiger charge is 2.45. The zero-order chi connectivity index (χ0) is 28.7. The van der Waals surface area contributed by atoms with E-state index in [9.17, 15) is 18.0 Å². The lowest BCUT2D eigenvalue weighted by atomic mass is 9.59. The Balaban J connectivity index is 1.33. The molecule has 3 atom stereocenters. The fourth-order valence-electron chi connectivity index (χ4n) is 6.82. The van der Waals surface area contributed by atoms with E-state index in [2.05, 4.69) is 37.7 Å². The van der Waals surface area contributed by atoms with E-state index < -0.39 is 21.3 Å². The predicted octanol–water partition coefficient (Wildman–Crippen LogP) is 7.02. The number of carbonyl (C=O) groups is 2. The van der Waals surface area contributed by atoms with Crippen LogP contribution >= 0.6 is 0 Å². The minimum absolute atomic E-state index is 0.0405. The molecule has 0 aliphatic heterocycles. The summed E-state index contributed by atoms with van der Waals surface area (Å²) < 4.78 is 27.7. The molecule has 40 heavy (non-hydrogen) atoms. The van der Waals surface area contributed by atoms with Gasteiger partial charge in [0.05, 0.1) is 10.3 Å². The summed E-state index contributed by atoms with van der Waals surface area (Å²) in [7, 11) is -4.05. The van der Waals surface area contributed by atoms with Gasteiger partial charge in [0.15, 0.2) is 0 Å². The topological polar surface area (TPSA) is 92.3 Å². The van der Waals surface area contributed by atoms with Crippen LogP contribution in [0.1, 0.15) is 83.0 Å². The summed E-state index contributed by atoms with van der Waals surface area (Å²) in [6, 6.07) is 14.2. The number of allylic oxidation sites excluding steroid dienone is 3. The van der Waals surface area contributed by atoms with Crippen LogP contribution in [0, 0.1) is 23.2 Å². The molecule has 0 saturated heterocycles. The predicted molar refractivity (Wildman–Crippen MR) is 158 cm³/mol. The maximum Gasteiger partial charge on any atom is 0.264 e. The fraction of sp³-hybridized carbons (Fsp3) is 0.455. The third kappa shape index (κ3) is 5.40. The number of carbonyl (C=O) groups excluding carboxylic acids is 2. The van der Waals surface area contributed by atoms with Gasteiger partial charge in [-0.3, -0.25) is 9.59 Å². The molecule has 0 aromatic heterocycles. The Bertz CT molecular complexity index is 1470. The molecule has 0 fully saturated rings. The van der Waals surface area contributed by atoms with Crippen LogP contribution in [-0.2, 0) is 14.8 Å². The number of hydrogen-bond acceptors (Lipinski definition) is 4. The van der Waals surface area contributed by atoms with E-state index in [-0.39, 0.29) is 16.4 Å². The Morgan fingerprint density at radius 1 is 0.950 bits per heavy atom. The van der Waals surface area contributed by atoms with Crippen molar-refractivity contribution in [1.29, 1.82) is 0 Å². The zero-order valence-corrected chi connectivity index (χ0v) is 24.7. The molecule has 212 valence electrons. The van der Waals surface area contributed by atoms with Crippen LogP contribution in [0.5, 0.6) is 0 Å². The van der Waals surface area contributed by atoms with Crippen molar-refractivity contribution in [3.05, 3.63) is 82.5 Å². The number of sulfonamides is 1. The van der Waals surface area contributed by atoms with Gasteiger partial charge in [-0.2, -0.15) is 0 Å². The van der Waals surface area contributed by atoms with Crippen molar-refractivity contribution < 1.29 is 18.0 Å². The summed E-state index contributed by atoms with van der Waals surface area (Å²) in [5.41, 5.74) is 6.11. The van der Waals surface area contributed by atoms with Crippen LogP contribution < -0.4 is 10.0 Å². The second-order valence-corrected chi connectivity index (χ2v) is 14.0. The maximum atomic E-state index is 13.8. The number of amides is 2. The summed E-state index contributed by atoms with van der Waals surface area (Å²) >= 11 is 0. The summed E-state index contributed by atoms with van der Waals surface area (Å²) in [4.78, 5) is 26.1. The van der Waals surface area contributed by atoms with Crippen molar-refractivity contribution in [2.45, 2.75) is 77.5 Å². The number of anilines is 1. The number of fused-ring (bicyclic) bond motifs is 1. The monoisotopic (exact) mass is 560 g/mol. The van der Waals surface area contributed by atoms with Crippen LogP contribution in [0.4, 0.5) is 5.69 Å². The SMILES string of the molecule is CC(C)[C@H]1CCC2=C(CCC3=C2[C@@H](C)CC[C@]3(C)C(=O)Nc2ccc(S(=O)(=O)NC(=O)c3ccccc3)cc2)C1. The van der Waals surface area contributed by atoms with Crippen LogP contribution in [-0.4, -0.2) is 20.2 Å². The van der Waals surface area contributed by atoms with E-state index in [1.807, 2.05) is 0 Å². The van der Waals surface area contributed by atoms with Gasteiger partial charge in [0.2, 0.25) is 5.91 Å². The van der Waals surface area contributed by atoms with Crippen molar-refractivity contribution in [2.75, 3.05) is 5.32 Å². The van der Waals surface area contributed by atoms with Crippen molar-refractivity contribution in [2.24, 2.45) is 23.2 Å². The number of hydrogen-bond donors (Lipinski definition) is 2. The largest absolute Gasteiger partial charge is 0.325 e. The molecule has 0 unspecified atom stereocenters. The van der Waals surface area contributed by atoms with Gasteiger partial charge in [-0.05, 0) is 117 Å². The van der Waals surface area contributed by atoms with Crippen LogP contribution in [0.2, 0.25) is 0 Å². The van der Waals surface area contributed by atoms with Gasteiger partial charge in [-0.15, -0.1) is 0 Å². The number of rotatable bonds is 6. The lowest BCUT2D eigenvalue weighted by molar-refractivity contribution is -0.123. The molecule has 0 spiro atoms. The highest BCUT2D eigenvalue weighted by atomic mass is 32.2. The van der Waals surface area contributed by atoms with Crippen LogP contribution in [0.3, 0.4) is 0 Å². The second-order valence-electron chi connectivity index (χ2n) is 12.3. The lowest BCUT2D eigenvalue weighted by Crippen LogP contribution is -2.41. The number of benzene rings is 2. The van der Waals surface area contributed by atoms with E-state index in [1.54, 1.807) is 48.0 Å². The molecule has 0 bridgehead atoms. The van der Waals surface area contributed by atoms with E-state index in [1.165, 1.54) is 41.7 Å². The van der Waals surface area contributed by atoms with Gasteiger partial charge in [0.25, 0.3) is 15.9 Å². The van der Waals surface area contributed by atoms with E-state index in [0.717, 1.165) is 38.0 Å². The Labute approximate surface area is 238 Å². The van der Waals surface area contributed by atoms with Gasteiger partial charge in [-0.25, -0.2) is 13.1 Å². The smallest absolute Gasteiger partial charge is 0.264 e. The molecule has 2 aromatic carbocycles. The third-order valence-electron chi connectivity index (χ3n) is 9.39. The molecule has 0 saturated carbocycles. The molecule has 2 amide bonds. The molecule has 2 aromatic rings. The second kappa shape index (κ2) is 11.0.